The molecule has 6 heteroatoms. The normalized spacial score (nSPS) is 11.8. The molecule has 0 aromatic heterocycles. The van der Waals surface area contributed by atoms with E-state index in [9.17, 15) is 0 Å². The minimum absolute atomic E-state index is 0.00210. The number of hydrogen-bond donors (Lipinski definition) is 0. The molecule has 0 aromatic rings. The molecule has 0 bridgehead atoms. The van der Waals surface area contributed by atoms with Crippen molar-refractivity contribution in [2.75, 3.05) is 26.4 Å². The Morgan fingerprint density at radius 3 is 1.04 bits per heavy atom. The molecule has 0 aliphatic carbocycles. The Balaban J connectivity index is 3.91. The van der Waals surface area contributed by atoms with Crippen LogP contribution in [0.25, 0.3) is 0 Å². The van der Waals surface area contributed by atoms with Gasteiger partial charge in [0.2, 0.25) is 0 Å². The summed E-state index contributed by atoms with van der Waals surface area (Å²) in [6, 6.07) is 4.61. The van der Waals surface area contributed by atoms with Gasteiger partial charge in [-0.3, -0.25) is 0 Å². The van der Waals surface area contributed by atoms with Crippen molar-refractivity contribution in [1.82, 2.24) is 0 Å². The lowest BCUT2D eigenvalue weighted by Crippen LogP contribution is -2.21. The summed E-state index contributed by atoms with van der Waals surface area (Å²) in [5, 5.41) is 0. The van der Waals surface area contributed by atoms with Crippen LogP contribution in [0.15, 0.2) is 0 Å². The molecule has 0 unspecified atom stereocenters. The first-order valence-corrected chi connectivity index (χ1v) is 14.5. The van der Waals surface area contributed by atoms with Gasteiger partial charge in [-0.15, -0.1) is 0 Å². The lowest BCUT2D eigenvalue weighted by atomic mass is 10.4. The van der Waals surface area contributed by atoms with Gasteiger partial charge in [-0.05, 0) is 37.8 Å². The maximum atomic E-state index is 5.93. The molecule has 166 valence electrons. The van der Waals surface area contributed by atoms with E-state index in [2.05, 4.69) is 27.7 Å². The largest absolute Gasteiger partial charge is 0.353 e. The van der Waals surface area contributed by atoms with E-state index < -0.39 is 0 Å². The Labute approximate surface area is 180 Å². The van der Waals surface area contributed by atoms with E-state index in [0.29, 0.717) is 0 Å². The summed E-state index contributed by atoms with van der Waals surface area (Å²) in [5.41, 5.74) is 0. The van der Waals surface area contributed by atoms with Crippen LogP contribution in [-0.4, -0.2) is 58.0 Å². The minimum Gasteiger partial charge on any atom is -0.353 e. The summed E-state index contributed by atoms with van der Waals surface area (Å²) in [4.78, 5) is 0. The number of rotatable bonds is 23. The highest BCUT2D eigenvalue weighted by Gasteiger charge is 2.11. The molecule has 0 heterocycles. The van der Waals surface area contributed by atoms with E-state index in [0.717, 1.165) is 83.2 Å². The summed E-state index contributed by atoms with van der Waals surface area (Å²) < 4.78 is 23.7. The van der Waals surface area contributed by atoms with Gasteiger partial charge < -0.3 is 18.9 Å². The Morgan fingerprint density at radius 1 is 0.500 bits per heavy atom. The van der Waals surface area contributed by atoms with Crippen LogP contribution in [0.5, 0.6) is 0 Å². The highest BCUT2D eigenvalue weighted by Crippen LogP contribution is 2.10. The quantitative estimate of drug-likeness (QED) is 0.113. The number of ether oxygens (including phenoxy) is 4. The maximum absolute atomic E-state index is 5.93. The van der Waals surface area contributed by atoms with E-state index >= 15 is 0 Å². The van der Waals surface area contributed by atoms with Gasteiger partial charge in [0.15, 0.2) is 12.6 Å². The fourth-order valence-electron chi connectivity index (χ4n) is 2.38. The van der Waals surface area contributed by atoms with Crippen LogP contribution < -0.4 is 0 Å². The highest BCUT2D eigenvalue weighted by atomic mass is 28.2. The van der Waals surface area contributed by atoms with Crippen molar-refractivity contribution in [3.63, 3.8) is 0 Å². The van der Waals surface area contributed by atoms with Gasteiger partial charge in [-0.1, -0.05) is 65.5 Å². The molecule has 4 nitrogen and oxygen atoms in total. The average molecular weight is 431 g/mol. The van der Waals surface area contributed by atoms with E-state index in [1.165, 1.54) is 37.8 Å². The van der Waals surface area contributed by atoms with Crippen LogP contribution in [0.1, 0.15) is 79.1 Å². The molecule has 0 saturated carbocycles. The second-order valence-corrected chi connectivity index (χ2v) is 9.98. The van der Waals surface area contributed by atoms with Gasteiger partial charge in [-0.2, -0.15) is 0 Å². The Bertz CT molecular complexity index is 248. The van der Waals surface area contributed by atoms with Crippen molar-refractivity contribution >= 4 is 19.0 Å². The topological polar surface area (TPSA) is 36.9 Å². The van der Waals surface area contributed by atoms with Crippen molar-refractivity contribution in [3.05, 3.63) is 0 Å². The summed E-state index contributed by atoms with van der Waals surface area (Å²) in [6.45, 7) is 12.1. The molecule has 0 rings (SSSR count). The monoisotopic (exact) mass is 430 g/mol. The Morgan fingerprint density at radius 2 is 0.786 bits per heavy atom. The van der Waals surface area contributed by atoms with Gasteiger partial charge in [-0.25, -0.2) is 0 Å². The molecule has 0 amide bonds. The van der Waals surface area contributed by atoms with Crippen molar-refractivity contribution in [3.8, 4) is 0 Å². The molecule has 28 heavy (non-hydrogen) atoms. The van der Waals surface area contributed by atoms with E-state index in [4.69, 9.17) is 18.9 Å². The summed E-state index contributed by atoms with van der Waals surface area (Å²) >= 11 is 0. The number of unbranched alkanes of at least 4 members (excludes halogenated alkanes) is 4. The lowest BCUT2D eigenvalue weighted by molar-refractivity contribution is -0.131. The van der Waals surface area contributed by atoms with E-state index in [-0.39, 0.29) is 12.6 Å². The predicted molar refractivity (Wildman–Crippen MR) is 122 cm³/mol. The predicted octanol–water partition coefficient (Wildman–Crippen LogP) is 5.99. The second-order valence-electron chi connectivity index (χ2n) is 7.16. The van der Waals surface area contributed by atoms with Crippen molar-refractivity contribution in [2.45, 2.75) is 116 Å². The minimum atomic E-state index is 0.00210. The van der Waals surface area contributed by atoms with Crippen LogP contribution in [0, 0.1) is 0 Å². The molecule has 4 radical (unpaired) electrons. The number of hydrogen-bond acceptors (Lipinski definition) is 4. The summed E-state index contributed by atoms with van der Waals surface area (Å²) in [7, 11) is 1.83. The molecule has 0 N–H and O–H groups in total. The lowest BCUT2D eigenvalue weighted by Gasteiger charge is -2.19. The first kappa shape index (κ1) is 28.3. The van der Waals surface area contributed by atoms with Crippen molar-refractivity contribution in [2.24, 2.45) is 0 Å². The van der Waals surface area contributed by atoms with Crippen LogP contribution in [0.3, 0.4) is 0 Å². The van der Waals surface area contributed by atoms with Gasteiger partial charge in [0.05, 0.1) is 0 Å². The molecular weight excluding hydrogens is 384 g/mol. The van der Waals surface area contributed by atoms with Crippen LogP contribution in [-0.2, 0) is 18.9 Å². The smallest absolute Gasteiger partial charge is 0.154 e. The second kappa shape index (κ2) is 23.6. The molecule has 0 spiro atoms. The van der Waals surface area contributed by atoms with Gasteiger partial charge in [0, 0.05) is 45.5 Å². The van der Waals surface area contributed by atoms with Crippen LogP contribution in [0.4, 0.5) is 0 Å². The molecule has 0 atom stereocenters. The summed E-state index contributed by atoms with van der Waals surface area (Å²) in [5.74, 6) is 0. The fraction of sp³-hybridized carbons (Fsp3) is 1.00. The highest BCUT2D eigenvalue weighted by molar-refractivity contribution is 6.42. The van der Waals surface area contributed by atoms with Crippen molar-refractivity contribution < 1.29 is 18.9 Å². The van der Waals surface area contributed by atoms with Crippen LogP contribution in [0.2, 0.25) is 24.2 Å². The summed E-state index contributed by atoms with van der Waals surface area (Å²) in [6.07, 6.45) is 9.18. The Kier molecular flexibility index (Phi) is 23.8. The zero-order chi connectivity index (χ0) is 20.7. The van der Waals surface area contributed by atoms with Gasteiger partial charge in [0.1, 0.15) is 0 Å². The third kappa shape index (κ3) is 19.6. The van der Waals surface area contributed by atoms with E-state index in [1.54, 1.807) is 0 Å². The molecule has 0 aliphatic rings. The van der Waals surface area contributed by atoms with Crippen LogP contribution >= 0.6 is 0 Å². The molecule has 0 saturated heterocycles. The average Bonchev–Trinajstić information content (AvgIpc) is 2.70. The fourth-order valence-corrected chi connectivity index (χ4v) is 5.15. The third-order valence-corrected chi connectivity index (χ3v) is 7.26. The maximum Gasteiger partial charge on any atom is 0.154 e. The first-order valence-electron chi connectivity index (χ1n) is 11.7. The molecule has 0 aromatic carbocycles. The Hall–Kier alpha value is 0.274. The zero-order valence-electron chi connectivity index (χ0n) is 19.1. The molecular formula is C22H46O4Si2. The van der Waals surface area contributed by atoms with Crippen molar-refractivity contribution in [1.29, 1.82) is 0 Å². The third-order valence-electron chi connectivity index (χ3n) is 4.31. The molecule has 0 aliphatic heterocycles. The standard InChI is InChI=1S/C22H46O4Si2/c1-5-9-13-23-21(24-14-10-6-2)19-27-17-18-28-20-22(25-15-11-7-3)26-16-12-8-4/h21-22H,5-20H2,1-4H3. The van der Waals surface area contributed by atoms with E-state index in [1.807, 2.05) is 0 Å². The van der Waals surface area contributed by atoms with Gasteiger partial charge >= 0.3 is 0 Å². The SMILES string of the molecule is CCCCOC(C[Si]CC[Si]CC(OCCCC)OCCCC)OCCCC. The van der Waals surface area contributed by atoms with Gasteiger partial charge in [0.25, 0.3) is 0 Å². The zero-order valence-corrected chi connectivity index (χ0v) is 21.1. The first-order chi connectivity index (χ1) is 13.8. The molecule has 0 fully saturated rings.